The van der Waals surface area contributed by atoms with E-state index in [1.807, 2.05) is 20.8 Å². The van der Waals surface area contributed by atoms with Crippen LogP contribution in [-0.4, -0.2) is 18.2 Å². The van der Waals surface area contributed by atoms with E-state index in [1.165, 1.54) is 0 Å². The summed E-state index contributed by atoms with van der Waals surface area (Å²) in [6.07, 6.45) is 1.93. The Morgan fingerprint density at radius 2 is 1.85 bits per heavy atom. The summed E-state index contributed by atoms with van der Waals surface area (Å²) in [5.41, 5.74) is 0. The molecule has 0 heterocycles. The van der Waals surface area contributed by atoms with Crippen LogP contribution in [-0.2, 0) is 9.59 Å². The van der Waals surface area contributed by atoms with Gasteiger partial charge < -0.3 is 5.32 Å². The number of ketones is 1. The average molecular weight is 185 g/mol. The molecule has 0 aliphatic rings. The van der Waals surface area contributed by atoms with Gasteiger partial charge in [-0.3, -0.25) is 9.59 Å². The monoisotopic (exact) mass is 185 g/mol. The lowest BCUT2D eigenvalue weighted by Gasteiger charge is -2.12. The molecule has 0 aromatic heterocycles. The van der Waals surface area contributed by atoms with Crippen LogP contribution in [0.25, 0.3) is 0 Å². The van der Waals surface area contributed by atoms with Crippen molar-refractivity contribution in [3.8, 4) is 0 Å². The van der Waals surface area contributed by atoms with Crippen molar-refractivity contribution in [2.24, 2.45) is 5.92 Å². The first-order valence-corrected chi connectivity index (χ1v) is 4.97. The van der Waals surface area contributed by atoms with E-state index in [4.69, 9.17) is 0 Å². The molecule has 0 radical (unpaired) electrons. The molecule has 0 bridgehead atoms. The highest BCUT2D eigenvalue weighted by Gasteiger charge is 2.22. The van der Waals surface area contributed by atoms with Crippen molar-refractivity contribution >= 4 is 11.7 Å². The molecule has 0 saturated carbocycles. The van der Waals surface area contributed by atoms with Crippen LogP contribution < -0.4 is 5.32 Å². The van der Waals surface area contributed by atoms with Gasteiger partial charge in [0.25, 0.3) is 0 Å². The lowest BCUT2D eigenvalue weighted by atomic mass is 9.97. The van der Waals surface area contributed by atoms with E-state index in [2.05, 4.69) is 5.32 Å². The number of amides is 1. The highest BCUT2D eigenvalue weighted by molar-refractivity contribution is 6.01. The van der Waals surface area contributed by atoms with Crippen molar-refractivity contribution in [1.29, 1.82) is 0 Å². The second-order valence-electron chi connectivity index (χ2n) is 3.07. The zero-order valence-corrected chi connectivity index (χ0v) is 8.72. The van der Waals surface area contributed by atoms with Crippen LogP contribution in [0.15, 0.2) is 0 Å². The quantitative estimate of drug-likeness (QED) is 0.638. The van der Waals surface area contributed by atoms with Gasteiger partial charge >= 0.3 is 0 Å². The number of rotatable bonds is 6. The van der Waals surface area contributed by atoms with Crippen molar-refractivity contribution in [3.63, 3.8) is 0 Å². The molecule has 0 aliphatic carbocycles. The Kier molecular flexibility index (Phi) is 6.20. The third-order valence-corrected chi connectivity index (χ3v) is 1.96. The molecular formula is C10H19NO2. The van der Waals surface area contributed by atoms with Crippen molar-refractivity contribution in [3.05, 3.63) is 0 Å². The lowest BCUT2D eigenvalue weighted by Crippen LogP contribution is -2.34. The average Bonchev–Trinajstić information content (AvgIpc) is 2.06. The minimum absolute atomic E-state index is 0.0657. The molecule has 1 unspecified atom stereocenters. The Morgan fingerprint density at radius 3 is 2.23 bits per heavy atom. The fraction of sp³-hybridized carbons (Fsp3) is 0.800. The Labute approximate surface area is 79.9 Å². The van der Waals surface area contributed by atoms with Gasteiger partial charge in [0.05, 0.1) is 5.92 Å². The number of hydrogen-bond acceptors (Lipinski definition) is 2. The molecule has 13 heavy (non-hydrogen) atoms. The van der Waals surface area contributed by atoms with E-state index in [0.29, 0.717) is 19.4 Å². The molecule has 0 fully saturated rings. The maximum Gasteiger partial charge on any atom is 0.230 e. The second kappa shape index (κ2) is 6.63. The minimum atomic E-state index is -0.431. The first-order chi connectivity index (χ1) is 6.17. The predicted molar refractivity (Wildman–Crippen MR) is 52.4 cm³/mol. The smallest absolute Gasteiger partial charge is 0.230 e. The second-order valence-corrected chi connectivity index (χ2v) is 3.07. The number of hydrogen-bond donors (Lipinski definition) is 1. The van der Waals surface area contributed by atoms with Gasteiger partial charge in [0.15, 0.2) is 0 Å². The van der Waals surface area contributed by atoms with E-state index >= 15 is 0 Å². The molecule has 0 aromatic carbocycles. The summed E-state index contributed by atoms with van der Waals surface area (Å²) in [6, 6.07) is 0. The molecule has 0 saturated heterocycles. The Bertz CT molecular complexity index is 160. The van der Waals surface area contributed by atoms with Crippen molar-refractivity contribution < 1.29 is 9.59 Å². The fourth-order valence-corrected chi connectivity index (χ4v) is 1.28. The summed E-state index contributed by atoms with van der Waals surface area (Å²) < 4.78 is 0. The largest absolute Gasteiger partial charge is 0.356 e. The number of carbonyl (C=O) groups excluding carboxylic acids is 2. The number of nitrogens with one attached hydrogen (secondary N) is 1. The predicted octanol–water partition coefficient (Wildman–Crippen LogP) is 1.52. The molecular weight excluding hydrogens is 166 g/mol. The van der Waals surface area contributed by atoms with Gasteiger partial charge in [-0.15, -0.1) is 0 Å². The summed E-state index contributed by atoms with van der Waals surface area (Å²) in [4.78, 5) is 22.8. The summed E-state index contributed by atoms with van der Waals surface area (Å²) in [6.45, 7) is 6.26. The van der Waals surface area contributed by atoms with Crippen molar-refractivity contribution in [2.45, 2.75) is 40.0 Å². The summed E-state index contributed by atoms with van der Waals surface area (Å²) in [5, 5.41) is 2.68. The molecule has 1 atom stereocenters. The van der Waals surface area contributed by atoms with Gasteiger partial charge in [0.2, 0.25) is 5.91 Å². The zero-order valence-electron chi connectivity index (χ0n) is 8.72. The van der Waals surface area contributed by atoms with Crippen LogP contribution in [0.5, 0.6) is 0 Å². The third kappa shape index (κ3) is 4.06. The fourth-order valence-electron chi connectivity index (χ4n) is 1.28. The Morgan fingerprint density at radius 1 is 1.23 bits per heavy atom. The molecule has 0 spiro atoms. The number of carbonyl (C=O) groups is 2. The highest BCUT2D eigenvalue weighted by Crippen LogP contribution is 2.08. The lowest BCUT2D eigenvalue weighted by molar-refractivity contribution is -0.134. The molecule has 3 heteroatoms. The van der Waals surface area contributed by atoms with Gasteiger partial charge in [0.1, 0.15) is 5.78 Å². The molecule has 0 aliphatic heterocycles. The molecule has 0 aromatic rings. The minimum Gasteiger partial charge on any atom is -0.356 e. The highest BCUT2D eigenvalue weighted by atomic mass is 16.2. The molecule has 0 rings (SSSR count). The topological polar surface area (TPSA) is 46.2 Å². The zero-order chi connectivity index (χ0) is 10.3. The molecule has 1 N–H and O–H groups in total. The summed E-state index contributed by atoms with van der Waals surface area (Å²) in [7, 11) is 0. The van der Waals surface area contributed by atoms with Crippen LogP contribution >= 0.6 is 0 Å². The van der Waals surface area contributed by atoms with Crippen LogP contribution in [0.3, 0.4) is 0 Å². The molecule has 1 amide bonds. The van der Waals surface area contributed by atoms with E-state index in [1.54, 1.807) is 0 Å². The van der Waals surface area contributed by atoms with Gasteiger partial charge in [-0.1, -0.05) is 13.8 Å². The van der Waals surface area contributed by atoms with Crippen LogP contribution in [0.1, 0.15) is 40.0 Å². The van der Waals surface area contributed by atoms with Crippen molar-refractivity contribution in [1.82, 2.24) is 5.32 Å². The van der Waals surface area contributed by atoms with Gasteiger partial charge in [-0.2, -0.15) is 0 Å². The van der Waals surface area contributed by atoms with Gasteiger partial charge in [0, 0.05) is 13.0 Å². The van der Waals surface area contributed by atoms with E-state index in [9.17, 15) is 9.59 Å². The van der Waals surface area contributed by atoms with E-state index in [0.717, 1.165) is 6.42 Å². The van der Waals surface area contributed by atoms with Crippen molar-refractivity contribution in [2.75, 3.05) is 6.54 Å². The Hall–Kier alpha value is -0.860. The third-order valence-electron chi connectivity index (χ3n) is 1.96. The van der Waals surface area contributed by atoms with E-state index in [-0.39, 0.29) is 11.7 Å². The first-order valence-electron chi connectivity index (χ1n) is 4.97. The molecule has 76 valence electrons. The summed E-state index contributed by atoms with van der Waals surface area (Å²) in [5.74, 6) is -0.487. The normalized spacial score (nSPS) is 12.2. The molecule has 3 nitrogen and oxygen atoms in total. The van der Waals surface area contributed by atoms with E-state index < -0.39 is 5.92 Å². The van der Waals surface area contributed by atoms with Gasteiger partial charge in [-0.25, -0.2) is 0 Å². The maximum absolute atomic E-state index is 11.4. The summed E-state index contributed by atoms with van der Waals surface area (Å²) >= 11 is 0. The SMILES string of the molecule is CCCC(=O)C(CC)C(=O)NCC. The standard InChI is InChI=1S/C10H19NO2/c1-4-7-9(12)8(5-2)10(13)11-6-3/h8H,4-7H2,1-3H3,(H,11,13). The van der Waals surface area contributed by atoms with Crippen LogP contribution in [0, 0.1) is 5.92 Å². The maximum atomic E-state index is 11.4. The van der Waals surface area contributed by atoms with Gasteiger partial charge in [-0.05, 0) is 19.8 Å². The van der Waals surface area contributed by atoms with Crippen LogP contribution in [0.4, 0.5) is 0 Å². The number of Topliss-reactive ketones (excluding diaryl/α,β-unsaturated/α-hetero) is 1. The first kappa shape index (κ1) is 12.1. The van der Waals surface area contributed by atoms with Crippen LogP contribution in [0.2, 0.25) is 0 Å². The Balaban J connectivity index is 4.15.